The average Bonchev–Trinajstić information content (AvgIpc) is 2.62. The van der Waals surface area contributed by atoms with Gasteiger partial charge >= 0.3 is 0 Å². The molecule has 0 N–H and O–H groups in total. The zero-order valence-corrected chi connectivity index (χ0v) is 13.9. The number of nitrogens with zero attached hydrogens (tertiary/aromatic N) is 1. The summed E-state index contributed by atoms with van der Waals surface area (Å²) in [6.07, 6.45) is 0.419. The maximum Gasteiger partial charge on any atom is 0.264 e. The van der Waals surface area contributed by atoms with Gasteiger partial charge in [0.1, 0.15) is 0 Å². The number of ether oxygens (including phenoxy) is 1. The molecule has 0 aromatic heterocycles. The van der Waals surface area contributed by atoms with Crippen LogP contribution in [-0.4, -0.2) is 30.2 Å². The fourth-order valence-electron chi connectivity index (χ4n) is 3.88. The third-order valence-electron chi connectivity index (χ3n) is 5.09. The highest BCUT2D eigenvalue weighted by molar-refractivity contribution is 5.70. The molecule has 2 bridgehead atoms. The molecule has 0 spiro atoms. The van der Waals surface area contributed by atoms with E-state index >= 15 is 0 Å². The normalized spacial score (nSPS) is 23.6. The molecule has 2 heterocycles. The van der Waals surface area contributed by atoms with Gasteiger partial charge in [-0.1, -0.05) is 60.7 Å². The van der Waals surface area contributed by atoms with Gasteiger partial charge in [-0.2, -0.15) is 0 Å². The first-order valence-corrected chi connectivity index (χ1v) is 8.68. The molecule has 4 rings (SSSR count). The monoisotopic (exact) mass is 341 g/mol. The van der Waals surface area contributed by atoms with E-state index in [1.54, 1.807) is 6.07 Å². The number of hydrogen-bond acceptors (Lipinski definition) is 2. The van der Waals surface area contributed by atoms with Crippen LogP contribution in [0.2, 0.25) is 0 Å². The smallest absolute Gasteiger partial charge is 0.264 e. The van der Waals surface area contributed by atoms with Crippen molar-refractivity contribution in [1.82, 2.24) is 4.90 Å². The van der Waals surface area contributed by atoms with Gasteiger partial charge in [0, 0.05) is 18.2 Å². The topological polar surface area (TPSA) is 12.5 Å². The van der Waals surface area contributed by atoms with Crippen LogP contribution in [-0.2, 0) is 11.3 Å². The number of benzene rings is 2. The minimum absolute atomic E-state index is 0.129. The molecule has 2 aliphatic heterocycles. The molecular formula is C21H21F2NO. The van der Waals surface area contributed by atoms with Gasteiger partial charge in [-0.15, -0.1) is 0 Å². The van der Waals surface area contributed by atoms with E-state index in [4.69, 9.17) is 4.74 Å². The van der Waals surface area contributed by atoms with E-state index in [1.807, 2.05) is 30.3 Å². The van der Waals surface area contributed by atoms with Crippen molar-refractivity contribution in [3.05, 3.63) is 77.4 Å². The van der Waals surface area contributed by atoms with Crippen molar-refractivity contribution in [3.8, 4) is 0 Å². The Labute approximate surface area is 146 Å². The number of alkyl halides is 2. The summed E-state index contributed by atoms with van der Waals surface area (Å²) in [5.74, 6) is 0. The lowest BCUT2D eigenvalue weighted by Gasteiger charge is -2.45. The maximum absolute atomic E-state index is 13.4. The highest BCUT2D eigenvalue weighted by atomic mass is 19.3. The number of morpholine rings is 1. The molecule has 4 heteroatoms. The molecule has 2 nitrogen and oxygen atoms in total. The van der Waals surface area contributed by atoms with Gasteiger partial charge < -0.3 is 4.74 Å². The molecule has 130 valence electrons. The molecule has 0 saturated carbocycles. The summed E-state index contributed by atoms with van der Waals surface area (Å²) in [4.78, 5) is 2.44. The van der Waals surface area contributed by atoms with Crippen molar-refractivity contribution in [3.63, 3.8) is 0 Å². The van der Waals surface area contributed by atoms with E-state index in [2.05, 4.69) is 23.1 Å². The Morgan fingerprint density at radius 1 is 1.00 bits per heavy atom. The van der Waals surface area contributed by atoms with Crippen LogP contribution in [0.4, 0.5) is 8.78 Å². The van der Waals surface area contributed by atoms with Crippen LogP contribution in [0.25, 0.3) is 5.57 Å². The second kappa shape index (κ2) is 7.06. The SMILES string of the molecule is FC(F)c1ccccc1C1=CC2COCC(C1)N2Cc1ccccc1. The van der Waals surface area contributed by atoms with Crippen LogP contribution in [0.3, 0.4) is 0 Å². The van der Waals surface area contributed by atoms with Crippen molar-refractivity contribution >= 4 is 5.57 Å². The van der Waals surface area contributed by atoms with Crippen LogP contribution in [0.5, 0.6) is 0 Å². The minimum Gasteiger partial charge on any atom is -0.378 e. The quantitative estimate of drug-likeness (QED) is 0.800. The lowest BCUT2D eigenvalue weighted by atomic mass is 9.87. The number of rotatable bonds is 4. The van der Waals surface area contributed by atoms with Crippen LogP contribution < -0.4 is 0 Å². The first-order chi connectivity index (χ1) is 12.2. The van der Waals surface area contributed by atoms with Crippen molar-refractivity contribution in [2.75, 3.05) is 13.2 Å². The second-order valence-corrected chi connectivity index (χ2v) is 6.70. The number of hydrogen-bond donors (Lipinski definition) is 0. The first kappa shape index (κ1) is 16.4. The van der Waals surface area contributed by atoms with Crippen LogP contribution in [0.15, 0.2) is 60.7 Å². The molecule has 1 fully saturated rings. The summed E-state index contributed by atoms with van der Waals surface area (Å²) in [6, 6.07) is 17.6. The second-order valence-electron chi connectivity index (χ2n) is 6.70. The zero-order chi connectivity index (χ0) is 17.2. The van der Waals surface area contributed by atoms with Gasteiger partial charge in [-0.05, 0) is 23.1 Å². The largest absolute Gasteiger partial charge is 0.378 e. The molecule has 1 saturated heterocycles. The molecule has 0 radical (unpaired) electrons. The number of fused-ring (bicyclic) bond motifs is 2. The van der Waals surface area contributed by atoms with Gasteiger partial charge in [-0.25, -0.2) is 8.78 Å². The number of halogens is 2. The Morgan fingerprint density at radius 2 is 1.76 bits per heavy atom. The van der Waals surface area contributed by atoms with E-state index in [0.29, 0.717) is 18.8 Å². The van der Waals surface area contributed by atoms with Gasteiger partial charge in [0.15, 0.2) is 0 Å². The van der Waals surface area contributed by atoms with E-state index in [0.717, 1.165) is 18.5 Å². The highest BCUT2D eigenvalue weighted by Crippen LogP contribution is 2.37. The Kier molecular flexibility index (Phi) is 4.64. The molecule has 2 aromatic carbocycles. The molecule has 2 unspecified atom stereocenters. The molecule has 2 aromatic rings. The van der Waals surface area contributed by atoms with E-state index < -0.39 is 6.43 Å². The van der Waals surface area contributed by atoms with Crippen LogP contribution in [0, 0.1) is 0 Å². The highest BCUT2D eigenvalue weighted by Gasteiger charge is 2.35. The molecule has 0 aliphatic carbocycles. The molecule has 0 amide bonds. The van der Waals surface area contributed by atoms with Crippen LogP contribution >= 0.6 is 0 Å². The van der Waals surface area contributed by atoms with E-state index in [-0.39, 0.29) is 17.6 Å². The summed E-state index contributed by atoms with van der Waals surface area (Å²) in [5.41, 5.74) is 3.11. The predicted octanol–water partition coefficient (Wildman–Crippen LogP) is 4.68. The summed E-state index contributed by atoms with van der Waals surface area (Å²) in [7, 11) is 0. The van der Waals surface area contributed by atoms with Gasteiger partial charge in [0.05, 0.1) is 19.3 Å². The Balaban J connectivity index is 1.64. The third-order valence-corrected chi connectivity index (χ3v) is 5.09. The Bertz CT molecular complexity index is 760. The van der Waals surface area contributed by atoms with Gasteiger partial charge in [0.2, 0.25) is 0 Å². The van der Waals surface area contributed by atoms with Crippen molar-refractivity contribution in [1.29, 1.82) is 0 Å². The lowest BCUT2D eigenvalue weighted by Crippen LogP contribution is -2.53. The van der Waals surface area contributed by atoms with Crippen molar-refractivity contribution < 1.29 is 13.5 Å². The lowest BCUT2D eigenvalue weighted by molar-refractivity contribution is -0.0403. The standard InChI is InChI=1S/C21H21F2NO/c22-21(23)20-9-5-4-8-19(20)16-10-17-13-25-14-18(11-16)24(17)12-15-6-2-1-3-7-15/h1-10,17-18,21H,11-14H2. The minimum atomic E-state index is -2.45. The van der Waals surface area contributed by atoms with E-state index in [9.17, 15) is 8.78 Å². The summed E-state index contributed by atoms with van der Waals surface area (Å²) in [5, 5.41) is 0. The molecule has 2 atom stereocenters. The summed E-state index contributed by atoms with van der Waals surface area (Å²) < 4.78 is 32.5. The first-order valence-electron chi connectivity index (χ1n) is 8.68. The molecule has 25 heavy (non-hydrogen) atoms. The molecule has 2 aliphatic rings. The maximum atomic E-state index is 13.4. The summed E-state index contributed by atoms with van der Waals surface area (Å²) in [6.45, 7) is 2.13. The van der Waals surface area contributed by atoms with Gasteiger partial charge in [-0.3, -0.25) is 4.90 Å². The predicted molar refractivity (Wildman–Crippen MR) is 94.4 cm³/mol. The fraction of sp³-hybridized carbons (Fsp3) is 0.333. The van der Waals surface area contributed by atoms with E-state index in [1.165, 1.54) is 11.6 Å². The van der Waals surface area contributed by atoms with Crippen molar-refractivity contribution in [2.45, 2.75) is 31.5 Å². The average molecular weight is 341 g/mol. The van der Waals surface area contributed by atoms with Gasteiger partial charge in [0.25, 0.3) is 6.43 Å². The third kappa shape index (κ3) is 3.37. The van der Waals surface area contributed by atoms with Crippen LogP contribution in [0.1, 0.15) is 29.5 Å². The zero-order valence-electron chi connectivity index (χ0n) is 13.9. The Hall–Kier alpha value is -2.04. The Morgan fingerprint density at radius 3 is 2.52 bits per heavy atom. The summed E-state index contributed by atoms with van der Waals surface area (Å²) >= 11 is 0. The van der Waals surface area contributed by atoms with Crippen molar-refractivity contribution in [2.24, 2.45) is 0 Å². The molecular weight excluding hydrogens is 320 g/mol. The fourth-order valence-corrected chi connectivity index (χ4v) is 3.88.